The van der Waals surface area contributed by atoms with Crippen molar-refractivity contribution in [3.05, 3.63) is 34.1 Å². The van der Waals surface area contributed by atoms with Crippen molar-refractivity contribution in [2.24, 2.45) is 0 Å². The van der Waals surface area contributed by atoms with Crippen molar-refractivity contribution in [3.63, 3.8) is 0 Å². The van der Waals surface area contributed by atoms with Crippen molar-refractivity contribution in [2.75, 3.05) is 0 Å². The molecule has 0 aliphatic carbocycles. The Morgan fingerprint density at radius 1 is 1.29 bits per heavy atom. The van der Waals surface area contributed by atoms with Crippen molar-refractivity contribution >= 4 is 22.9 Å². The highest BCUT2D eigenvalue weighted by atomic mass is 35.5. The molecule has 0 amide bonds. The van der Waals surface area contributed by atoms with Gasteiger partial charge in [0.1, 0.15) is 5.15 Å². The van der Waals surface area contributed by atoms with E-state index in [4.69, 9.17) is 11.6 Å². The molecular formula is C10H6ClF3N2S. The van der Waals surface area contributed by atoms with Crippen LogP contribution in [-0.4, -0.2) is 9.97 Å². The molecule has 0 radical (unpaired) electrons. The maximum atomic E-state index is 12.5. The van der Waals surface area contributed by atoms with E-state index >= 15 is 0 Å². The Labute approximate surface area is 104 Å². The molecule has 0 spiro atoms. The molecule has 2 aromatic heterocycles. The van der Waals surface area contributed by atoms with E-state index < -0.39 is 12.0 Å². The molecule has 0 saturated heterocycles. The first-order valence-corrected chi connectivity index (χ1v) is 5.80. The van der Waals surface area contributed by atoms with Gasteiger partial charge in [0.2, 0.25) is 5.82 Å². The molecule has 0 unspecified atom stereocenters. The van der Waals surface area contributed by atoms with Crippen molar-refractivity contribution < 1.29 is 13.2 Å². The monoisotopic (exact) mass is 278 g/mol. The fraction of sp³-hybridized carbons (Fsp3) is 0.200. The van der Waals surface area contributed by atoms with E-state index in [1.165, 1.54) is 17.4 Å². The van der Waals surface area contributed by atoms with E-state index in [2.05, 4.69) is 9.97 Å². The summed E-state index contributed by atoms with van der Waals surface area (Å²) >= 11 is 6.89. The van der Waals surface area contributed by atoms with Crippen molar-refractivity contribution in [1.82, 2.24) is 9.97 Å². The number of halogens is 4. The van der Waals surface area contributed by atoms with Gasteiger partial charge >= 0.3 is 6.18 Å². The molecule has 2 rings (SSSR count). The van der Waals surface area contributed by atoms with Crippen LogP contribution in [0.15, 0.2) is 17.5 Å². The van der Waals surface area contributed by atoms with Crippen LogP contribution >= 0.6 is 22.9 Å². The predicted molar refractivity (Wildman–Crippen MR) is 60.1 cm³/mol. The summed E-state index contributed by atoms with van der Waals surface area (Å²) < 4.78 is 37.5. The van der Waals surface area contributed by atoms with Gasteiger partial charge in [-0.2, -0.15) is 13.2 Å². The van der Waals surface area contributed by atoms with Gasteiger partial charge in [-0.15, -0.1) is 11.3 Å². The molecule has 2 nitrogen and oxygen atoms in total. The minimum atomic E-state index is -4.59. The van der Waals surface area contributed by atoms with Crippen LogP contribution < -0.4 is 0 Å². The standard InChI is InChI=1S/C10H6ClF3N2S/c1-5-2-3-17-8(5)6-4-7(11)16-9(15-6)10(12,13)14/h2-4H,1H3. The zero-order valence-corrected chi connectivity index (χ0v) is 10.1. The minimum Gasteiger partial charge on any atom is -0.223 e. The van der Waals surface area contributed by atoms with Crippen molar-refractivity contribution in [1.29, 1.82) is 0 Å². The Balaban J connectivity index is 2.57. The Hall–Kier alpha value is -1.14. The molecule has 0 saturated carbocycles. The molecule has 17 heavy (non-hydrogen) atoms. The highest BCUT2D eigenvalue weighted by molar-refractivity contribution is 7.13. The molecule has 7 heteroatoms. The summed E-state index contributed by atoms with van der Waals surface area (Å²) in [5.74, 6) is -1.22. The maximum absolute atomic E-state index is 12.5. The lowest BCUT2D eigenvalue weighted by atomic mass is 10.2. The van der Waals surface area contributed by atoms with Crippen LogP contribution in [0.2, 0.25) is 5.15 Å². The summed E-state index contributed by atoms with van der Waals surface area (Å²) in [6, 6.07) is 3.14. The SMILES string of the molecule is Cc1ccsc1-c1cc(Cl)nc(C(F)(F)F)n1. The first-order valence-electron chi connectivity index (χ1n) is 4.54. The molecule has 2 aromatic rings. The quantitative estimate of drug-likeness (QED) is 0.731. The largest absolute Gasteiger partial charge is 0.451 e. The molecule has 0 aliphatic rings. The van der Waals surface area contributed by atoms with E-state index in [-0.39, 0.29) is 10.8 Å². The number of aryl methyl sites for hydroxylation is 1. The molecule has 0 atom stereocenters. The van der Waals surface area contributed by atoms with Crippen LogP contribution in [0.4, 0.5) is 13.2 Å². The summed E-state index contributed by atoms with van der Waals surface area (Å²) in [6.07, 6.45) is -4.59. The van der Waals surface area contributed by atoms with Gasteiger partial charge < -0.3 is 0 Å². The fourth-order valence-electron chi connectivity index (χ4n) is 1.30. The second-order valence-electron chi connectivity index (χ2n) is 3.33. The molecule has 0 N–H and O–H groups in total. The number of rotatable bonds is 1. The van der Waals surface area contributed by atoms with Gasteiger partial charge in [-0.3, -0.25) is 0 Å². The second-order valence-corrected chi connectivity index (χ2v) is 4.63. The van der Waals surface area contributed by atoms with Crippen molar-refractivity contribution in [2.45, 2.75) is 13.1 Å². The lowest BCUT2D eigenvalue weighted by Gasteiger charge is -2.07. The predicted octanol–water partition coefficient (Wildman–Crippen LogP) is 4.19. The third kappa shape index (κ3) is 2.58. The average Bonchev–Trinajstić information content (AvgIpc) is 2.62. The minimum absolute atomic E-state index is 0.199. The van der Waals surface area contributed by atoms with Crippen LogP contribution in [0.5, 0.6) is 0 Å². The van der Waals surface area contributed by atoms with Crippen LogP contribution in [-0.2, 0) is 6.18 Å². The van der Waals surface area contributed by atoms with E-state index in [1.807, 2.05) is 6.07 Å². The van der Waals surface area contributed by atoms with Gasteiger partial charge in [0.05, 0.1) is 10.6 Å². The summed E-state index contributed by atoms with van der Waals surface area (Å²) in [6.45, 7) is 1.80. The molecule has 0 aliphatic heterocycles. The third-order valence-corrected chi connectivity index (χ3v) is 3.28. The van der Waals surface area contributed by atoms with Gasteiger partial charge in [-0.25, -0.2) is 9.97 Å². The molecule has 0 aromatic carbocycles. The van der Waals surface area contributed by atoms with Gasteiger partial charge in [0.15, 0.2) is 0 Å². The first kappa shape index (κ1) is 12.3. The highest BCUT2D eigenvalue weighted by Gasteiger charge is 2.35. The molecule has 2 heterocycles. The Bertz CT molecular complexity index is 551. The van der Waals surface area contributed by atoms with Crippen LogP contribution in [0.1, 0.15) is 11.4 Å². The number of nitrogens with zero attached hydrogens (tertiary/aromatic N) is 2. The normalized spacial score (nSPS) is 11.8. The number of aromatic nitrogens is 2. The van der Waals surface area contributed by atoms with Gasteiger partial charge in [-0.05, 0) is 23.9 Å². The van der Waals surface area contributed by atoms with E-state index in [0.717, 1.165) is 5.56 Å². The number of hydrogen-bond donors (Lipinski definition) is 0. The van der Waals surface area contributed by atoms with Crippen LogP contribution in [0.25, 0.3) is 10.6 Å². The Kier molecular flexibility index (Phi) is 3.09. The summed E-state index contributed by atoms with van der Waals surface area (Å²) in [5.41, 5.74) is 1.06. The van der Waals surface area contributed by atoms with Gasteiger partial charge in [0.25, 0.3) is 0 Å². The van der Waals surface area contributed by atoms with Gasteiger partial charge in [-0.1, -0.05) is 11.6 Å². The third-order valence-electron chi connectivity index (χ3n) is 2.04. The molecule has 0 bridgehead atoms. The van der Waals surface area contributed by atoms with Gasteiger partial charge in [0, 0.05) is 6.07 Å². The van der Waals surface area contributed by atoms with Crippen LogP contribution in [0.3, 0.4) is 0 Å². The zero-order valence-electron chi connectivity index (χ0n) is 8.55. The molecule has 0 fully saturated rings. The molecular weight excluding hydrogens is 273 g/mol. The number of hydrogen-bond acceptors (Lipinski definition) is 3. The average molecular weight is 279 g/mol. The van der Waals surface area contributed by atoms with E-state index in [9.17, 15) is 13.2 Å². The molecule has 90 valence electrons. The van der Waals surface area contributed by atoms with Crippen molar-refractivity contribution in [3.8, 4) is 10.6 Å². The van der Waals surface area contributed by atoms with E-state index in [1.54, 1.807) is 12.3 Å². The van der Waals surface area contributed by atoms with E-state index in [0.29, 0.717) is 4.88 Å². The Morgan fingerprint density at radius 2 is 2.00 bits per heavy atom. The maximum Gasteiger partial charge on any atom is 0.451 e. The second kappa shape index (κ2) is 4.27. The zero-order chi connectivity index (χ0) is 12.6. The summed E-state index contributed by atoms with van der Waals surface area (Å²) in [5, 5.41) is 1.57. The summed E-state index contributed by atoms with van der Waals surface area (Å²) in [7, 11) is 0. The van der Waals surface area contributed by atoms with Crippen LogP contribution in [0, 0.1) is 6.92 Å². The number of alkyl halides is 3. The smallest absolute Gasteiger partial charge is 0.223 e. The topological polar surface area (TPSA) is 25.8 Å². The summed E-state index contributed by atoms with van der Waals surface area (Å²) in [4.78, 5) is 7.34. The number of thiophene rings is 1. The lowest BCUT2D eigenvalue weighted by Crippen LogP contribution is -2.11. The highest BCUT2D eigenvalue weighted by Crippen LogP contribution is 2.32. The first-order chi connectivity index (χ1) is 7.88. The fourth-order valence-corrected chi connectivity index (χ4v) is 2.37. The Morgan fingerprint density at radius 3 is 2.53 bits per heavy atom. The lowest BCUT2D eigenvalue weighted by molar-refractivity contribution is -0.144.